The highest BCUT2D eigenvalue weighted by Gasteiger charge is 2.11. The van der Waals surface area contributed by atoms with Gasteiger partial charge in [0.25, 0.3) is 5.91 Å². The molecular formula is C10H8ClN5O. The molecular weight excluding hydrogens is 242 g/mol. The largest absolute Gasteiger partial charge is 0.398 e. The smallest absolute Gasteiger partial charge is 0.260 e. The van der Waals surface area contributed by atoms with E-state index in [1.54, 1.807) is 6.07 Å². The molecule has 0 unspecified atom stereocenters. The van der Waals surface area contributed by atoms with Gasteiger partial charge in [-0.15, -0.1) is 5.10 Å². The number of nitrogen functional groups attached to an aromatic ring is 1. The Morgan fingerprint density at radius 1 is 1.35 bits per heavy atom. The number of hydrogen-bond acceptors (Lipinski definition) is 5. The van der Waals surface area contributed by atoms with Crippen molar-refractivity contribution in [1.29, 1.82) is 0 Å². The van der Waals surface area contributed by atoms with Crippen molar-refractivity contribution in [3.63, 3.8) is 0 Å². The second-order valence-corrected chi connectivity index (χ2v) is 3.59. The first kappa shape index (κ1) is 11.3. The van der Waals surface area contributed by atoms with E-state index >= 15 is 0 Å². The van der Waals surface area contributed by atoms with Crippen molar-refractivity contribution in [3.05, 3.63) is 41.2 Å². The summed E-state index contributed by atoms with van der Waals surface area (Å²) >= 11 is 5.74. The minimum atomic E-state index is -0.410. The van der Waals surface area contributed by atoms with Crippen molar-refractivity contribution in [2.45, 2.75) is 0 Å². The fourth-order valence-corrected chi connectivity index (χ4v) is 1.39. The molecule has 86 valence electrons. The van der Waals surface area contributed by atoms with Gasteiger partial charge in [0.15, 0.2) is 0 Å². The lowest BCUT2D eigenvalue weighted by molar-refractivity contribution is 0.102. The van der Waals surface area contributed by atoms with Crippen LogP contribution in [0.3, 0.4) is 0 Å². The van der Waals surface area contributed by atoms with Gasteiger partial charge in [-0.25, -0.2) is 4.98 Å². The number of carbonyl (C=O) groups is 1. The summed E-state index contributed by atoms with van der Waals surface area (Å²) in [6.07, 6.45) is 2.83. The first-order valence-electron chi connectivity index (χ1n) is 4.67. The van der Waals surface area contributed by atoms with E-state index in [1.807, 2.05) is 0 Å². The maximum absolute atomic E-state index is 11.8. The third-order valence-electron chi connectivity index (χ3n) is 1.97. The lowest BCUT2D eigenvalue weighted by Gasteiger charge is -2.05. The second kappa shape index (κ2) is 4.75. The number of halogens is 1. The summed E-state index contributed by atoms with van der Waals surface area (Å²) in [5, 5.41) is 10.2. The van der Waals surface area contributed by atoms with Crippen LogP contribution in [0.15, 0.2) is 30.6 Å². The molecule has 1 aromatic heterocycles. The average molecular weight is 250 g/mol. The number of nitrogens with two attached hydrogens (primary N) is 1. The minimum absolute atomic E-state index is 0.117. The third kappa shape index (κ3) is 2.67. The van der Waals surface area contributed by atoms with Gasteiger partial charge in [0.2, 0.25) is 5.95 Å². The first-order valence-corrected chi connectivity index (χ1v) is 5.04. The Morgan fingerprint density at radius 3 is 2.82 bits per heavy atom. The van der Waals surface area contributed by atoms with Gasteiger partial charge in [-0.1, -0.05) is 11.6 Å². The van der Waals surface area contributed by atoms with Crippen LogP contribution in [-0.2, 0) is 0 Å². The van der Waals surface area contributed by atoms with Crippen molar-refractivity contribution < 1.29 is 4.79 Å². The molecule has 0 aliphatic heterocycles. The fraction of sp³-hybridized carbons (Fsp3) is 0. The Hall–Kier alpha value is -2.21. The van der Waals surface area contributed by atoms with Crippen LogP contribution < -0.4 is 11.1 Å². The molecule has 0 aliphatic carbocycles. The van der Waals surface area contributed by atoms with Crippen LogP contribution in [0.25, 0.3) is 0 Å². The van der Waals surface area contributed by atoms with E-state index in [4.69, 9.17) is 17.3 Å². The van der Waals surface area contributed by atoms with Crippen LogP contribution in [-0.4, -0.2) is 21.1 Å². The summed E-state index contributed by atoms with van der Waals surface area (Å²) in [7, 11) is 0. The zero-order valence-electron chi connectivity index (χ0n) is 8.59. The lowest BCUT2D eigenvalue weighted by Crippen LogP contribution is -2.16. The van der Waals surface area contributed by atoms with Crippen LogP contribution in [0.4, 0.5) is 11.6 Å². The SMILES string of the molecule is Nc1cc(Cl)ccc1C(=O)Nc1nccnn1. The molecule has 1 heterocycles. The lowest BCUT2D eigenvalue weighted by atomic mass is 10.1. The van der Waals surface area contributed by atoms with Crippen LogP contribution in [0.2, 0.25) is 5.02 Å². The highest BCUT2D eigenvalue weighted by atomic mass is 35.5. The molecule has 7 heteroatoms. The number of anilines is 2. The van der Waals surface area contributed by atoms with Crippen molar-refractivity contribution >= 4 is 29.1 Å². The van der Waals surface area contributed by atoms with E-state index < -0.39 is 5.91 Å². The molecule has 0 atom stereocenters. The van der Waals surface area contributed by atoms with E-state index in [-0.39, 0.29) is 5.95 Å². The van der Waals surface area contributed by atoms with Crippen LogP contribution in [0, 0.1) is 0 Å². The molecule has 3 N–H and O–H groups in total. The zero-order valence-corrected chi connectivity index (χ0v) is 9.35. The molecule has 0 bridgehead atoms. The van der Waals surface area contributed by atoms with Crippen LogP contribution in [0.5, 0.6) is 0 Å². The summed E-state index contributed by atoms with van der Waals surface area (Å²) < 4.78 is 0. The van der Waals surface area contributed by atoms with E-state index in [0.717, 1.165) is 0 Å². The number of carbonyl (C=O) groups excluding carboxylic acids is 1. The second-order valence-electron chi connectivity index (χ2n) is 3.15. The third-order valence-corrected chi connectivity index (χ3v) is 2.20. The van der Waals surface area contributed by atoms with Gasteiger partial charge in [0.05, 0.1) is 18.0 Å². The standard InChI is InChI=1S/C10H8ClN5O/c11-6-1-2-7(8(12)5-6)9(17)15-10-13-3-4-14-16-10/h1-5H,12H2,(H,13,15,16,17). The van der Waals surface area contributed by atoms with Crippen molar-refractivity contribution in [2.75, 3.05) is 11.1 Å². The highest BCUT2D eigenvalue weighted by molar-refractivity contribution is 6.31. The number of amides is 1. The molecule has 2 aromatic rings. The minimum Gasteiger partial charge on any atom is -0.398 e. The molecule has 0 saturated heterocycles. The molecule has 1 amide bonds. The Kier molecular flexibility index (Phi) is 3.15. The van der Waals surface area contributed by atoms with Gasteiger partial charge in [0, 0.05) is 10.7 Å². The molecule has 0 aliphatic rings. The van der Waals surface area contributed by atoms with E-state index in [2.05, 4.69) is 20.5 Å². The summed E-state index contributed by atoms with van der Waals surface area (Å²) in [5.41, 5.74) is 6.27. The number of rotatable bonds is 2. The fourth-order valence-electron chi connectivity index (χ4n) is 1.21. The van der Waals surface area contributed by atoms with Crippen molar-refractivity contribution in [1.82, 2.24) is 15.2 Å². The average Bonchev–Trinajstić information content (AvgIpc) is 2.30. The Morgan fingerprint density at radius 2 is 2.18 bits per heavy atom. The maximum Gasteiger partial charge on any atom is 0.260 e. The predicted octanol–water partition coefficient (Wildman–Crippen LogP) is 1.36. The van der Waals surface area contributed by atoms with Crippen LogP contribution >= 0.6 is 11.6 Å². The molecule has 1 aromatic carbocycles. The number of hydrogen-bond donors (Lipinski definition) is 2. The van der Waals surface area contributed by atoms with Gasteiger partial charge in [0.1, 0.15) is 0 Å². The number of nitrogens with one attached hydrogen (secondary N) is 1. The monoisotopic (exact) mass is 249 g/mol. The Labute approximate surface area is 102 Å². The number of nitrogens with zero attached hydrogens (tertiary/aromatic N) is 3. The van der Waals surface area contributed by atoms with Crippen LogP contribution in [0.1, 0.15) is 10.4 Å². The molecule has 0 fully saturated rings. The van der Waals surface area contributed by atoms with Gasteiger partial charge < -0.3 is 5.73 Å². The maximum atomic E-state index is 11.8. The van der Waals surface area contributed by atoms with E-state index in [0.29, 0.717) is 16.3 Å². The summed E-state index contributed by atoms with van der Waals surface area (Å²) in [6, 6.07) is 4.61. The summed E-state index contributed by atoms with van der Waals surface area (Å²) in [5.74, 6) is -0.293. The Balaban J connectivity index is 2.21. The summed E-state index contributed by atoms with van der Waals surface area (Å²) in [4.78, 5) is 15.6. The van der Waals surface area contributed by atoms with Gasteiger partial charge in [-0.05, 0) is 18.2 Å². The normalized spacial score (nSPS) is 9.94. The molecule has 0 spiro atoms. The van der Waals surface area contributed by atoms with E-state index in [9.17, 15) is 4.79 Å². The highest BCUT2D eigenvalue weighted by Crippen LogP contribution is 2.18. The Bertz CT molecular complexity index is 546. The molecule has 17 heavy (non-hydrogen) atoms. The number of benzene rings is 1. The molecule has 6 nitrogen and oxygen atoms in total. The molecule has 2 rings (SSSR count). The van der Waals surface area contributed by atoms with Gasteiger partial charge in [-0.2, -0.15) is 5.10 Å². The van der Waals surface area contributed by atoms with E-state index in [1.165, 1.54) is 24.5 Å². The quantitative estimate of drug-likeness (QED) is 0.784. The zero-order chi connectivity index (χ0) is 12.3. The molecule has 0 radical (unpaired) electrons. The summed E-state index contributed by atoms with van der Waals surface area (Å²) in [6.45, 7) is 0. The van der Waals surface area contributed by atoms with Crippen molar-refractivity contribution in [3.8, 4) is 0 Å². The van der Waals surface area contributed by atoms with Crippen molar-refractivity contribution in [2.24, 2.45) is 0 Å². The van der Waals surface area contributed by atoms with Gasteiger partial charge in [-0.3, -0.25) is 10.1 Å². The number of aromatic nitrogens is 3. The first-order chi connectivity index (χ1) is 8.16. The molecule has 0 saturated carbocycles. The predicted molar refractivity (Wildman–Crippen MR) is 63.6 cm³/mol. The topological polar surface area (TPSA) is 93.8 Å². The van der Waals surface area contributed by atoms with Gasteiger partial charge >= 0.3 is 0 Å².